The van der Waals surface area contributed by atoms with Crippen LogP contribution in [0.4, 0.5) is 4.79 Å². The second kappa shape index (κ2) is 4.44. The maximum absolute atomic E-state index is 12.5. The number of carboxylic acids is 1. The quantitative estimate of drug-likeness (QED) is 0.825. The molecule has 3 rings (SSSR count). The summed E-state index contributed by atoms with van der Waals surface area (Å²) in [4.78, 5) is 27.2. The van der Waals surface area contributed by atoms with Crippen LogP contribution in [0.1, 0.15) is 38.5 Å². The van der Waals surface area contributed by atoms with Gasteiger partial charge in [-0.1, -0.05) is 0 Å². The van der Waals surface area contributed by atoms with E-state index in [1.54, 1.807) is 4.90 Å². The van der Waals surface area contributed by atoms with Crippen molar-refractivity contribution in [3.63, 3.8) is 0 Å². The highest BCUT2D eigenvalue weighted by Gasteiger charge is 2.42. The number of aliphatic carboxylic acids is 1. The van der Waals surface area contributed by atoms with E-state index >= 15 is 0 Å². The van der Waals surface area contributed by atoms with Crippen LogP contribution in [-0.2, 0) is 4.79 Å². The standard InChI is InChI=1S/C13H20N2O3/c16-12(17)11-2-1-7-14(11)13(18)15(10-5-6-10)8-9-3-4-9/h9-11H,1-8H2,(H,16,17). The van der Waals surface area contributed by atoms with Gasteiger partial charge < -0.3 is 14.9 Å². The normalized spacial score (nSPS) is 27.3. The Morgan fingerprint density at radius 1 is 1.17 bits per heavy atom. The first kappa shape index (κ1) is 11.8. The van der Waals surface area contributed by atoms with Gasteiger partial charge in [-0.3, -0.25) is 0 Å². The Morgan fingerprint density at radius 3 is 2.44 bits per heavy atom. The topological polar surface area (TPSA) is 60.9 Å². The van der Waals surface area contributed by atoms with Gasteiger partial charge in [-0.05, 0) is 44.4 Å². The number of likely N-dealkylation sites (tertiary alicyclic amines) is 1. The third kappa shape index (κ3) is 2.31. The molecule has 0 radical (unpaired) electrons. The molecule has 5 nitrogen and oxygen atoms in total. The van der Waals surface area contributed by atoms with Gasteiger partial charge in [-0.2, -0.15) is 0 Å². The molecular weight excluding hydrogens is 232 g/mol. The van der Waals surface area contributed by atoms with Crippen molar-refractivity contribution >= 4 is 12.0 Å². The van der Waals surface area contributed by atoms with Gasteiger partial charge in [-0.25, -0.2) is 9.59 Å². The first-order chi connectivity index (χ1) is 8.66. The van der Waals surface area contributed by atoms with Gasteiger partial charge in [0, 0.05) is 19.1 Å². The van der Waals surface area contributed by atoms with Crippen molar-refractivity contribution in [3.05, 3.63) is 0 Å². The molecule has 3 fully saturated rings. The maximum atomic E-state index is 12.5. The van der Waals surface area contributed by atoms with Crippen LogP contribution in [-0.4, -0.2) is 52.1 Å². The summed E-state index contributed by atoms with van der Waals surface area (Å²) in [5, 5.41) is 9.15. The third-order valence-electron chi connectivity index (χ3n) is 4.17. The molecule has 3 aliphatic rings. The molecule has 1 heterocycles. The predicted molar refractivity (Wildman–Crippen MR) is 65.2 cm³/mol. The van der Waals surface area contributed by atoms with E-state index in [9.17, 15) is 9.59 Å². The van der Waals surface area contributed by atoms with E-state index in [1.807, 2.05) is 4.90 Å². The highest BCUT2D eigenvalue weighted by Crippen LogP contribution is 2.36. The van der Waals surface area contributed by atoms with E-state index in [1.165, 1.54) is 12.8 Å². The summed E-state index contributed by atoms with van der Waals surface area (Å²) in [6, 6.07) is -0.250. The lowest BCUT2D eigenvalue weighted by molar-refractivity contribution is -0.141. The van der Waals surface area contributed by atoms with Crippen molar-refractivity contribution in [1.29, 1.82) is 0 Å². The van der Waals surface area contributed by atoms with E-state index in [0.717, 1.165) is 25.8 Å². The van der Waals surface area contributed by atoms with E-state index < -0.39 is 12.0 Å². The number of carbonyl (C=O) groups excluding carboxylic acids is 1. The fraction of sp³-hybridized carbons (Fsp3) is 0.846. The molecule has 0 aromatic heterocycles. The van der Waals surface area contributed by atoms with Gasteiger partial charge in [0.1, 0.15) is 6.04 Å². The second-order valence-electron chi connectivity index (χ2n) is 5.80. The Morgan fingerprint density at radius 2 is 1.89 bits per heavy atom. The number of nitrogens with zero attached hydrogens (tertiary/aromatic N) is 2. The van der Waals surface area contributed by atoms with Gasteiger partial charge in [0.2, 0.25) is 0 Å². The maximum Gasteiger partial charge on any atom is 0.326 e. The summed E-state index contributed by atoms with van der Waals surface area (Å²) < 4.78 is 0. The Hall–Kier alpha value is -1.26. The minimum Gasteiger partial charge on any atom is -0.480 e. The van der Waals surface area contributed by atoms with Crippen molar-refractivity contribution in [3.8, 4) is 0 Å². The van der Waals surface area contributed by atoms with E-state index in [-0.39, 0.29) is 6.03 Å². The monoisotopic (exact) mass is 252 g/mol. The van der Waals surface area contributed by atoms with Crippen LogP contribution in [0, 0.1) is 5.92 Å². The Labute approximate surface area is 107 Å². The number of carboxylic acid groups (broad SMARTS) is 1. The van der Waals surface area contributed by atoms with Crippen LogP contribution in [0.3, 0.4) is 0 Å². The Kier molecular flexibility index (Phi) is 2.92. The number of hydrogen-bond acceptors (Lipinski definition) is 2. The molecule has 1 N–H and O–H groups in total. The molecule has 5 heteroatoms. The van der Waals surface area contributed by atoms with Crippen LogP contribution in [0.2, 0.25) is 0 Å². The fourth-order valence-corrected chi connectivity index (χ4v) is 2.77. The highest BCUT2D eigenvalue weighted by atomic mass is 16.4. The van der Waals surface area contributed by atoms with Crippen molar-refractivity contribution in [2.45, 2.75) is 50.6 Å². The summed E-state index contributed by atoms with van der Waals surface area (Å²) in [7, 11) is 0. The lowest BCUT2D eigenvalue weighted by Crippen LogP contribution is -2.49. The van der Waals surface area contributed by atoms with Crippen LogP contribution in [0.25, 0.3) is 0 Å². The Bertz CT molecular complexity index is 363. The van der Waals surface area contributed by atoms with Crippen LogP contribution in [0.5, 0.6) is 0 Å². The molecule has 100 valence electrons. The first-order valence-corrected chi connectivity index (χ1v) is 6.97. The molecule has 1 unspecified atom stereocenters. The highest BCUT2D eigenvalue weighted by molar-refractivity contribution is 5.83. The zero-order chi connectivity index (χ0) is 12.7. The molecule has 0 aromatic carbocycles. The van der Waals surface area contributed by atoms with E-state index in [2.05, 4.69) is 0 Å². The second-order valence-corrected chi connectivity index (χ2v) is 5.80. The van der Waals surface area contributed by atoms with Gasteiger partial charge >= 0.3 is 12.0 Å². The largest absolute Gasteiger partial charge is 0.480 e. The van der Waals surface area contributed by atoms with Crippen molar-refractivity contribution in [2.75, 3.05) is 13.1 Å². The lowest BCUT2D eigenvalue weighted by atomic mass is 10.2. The van der Waals surface area contributed by atoms with Crippen molar-refractivity contribution < 1.29 is 14.7 Å². The zero-order valence-electron chi connectivity index (χ0n) is 10.5. The number of rotatable bonds is 4. The molecule has 0 spiro atoms. The van der Waals surface area contributed by atoms with Crippen molar-refractivity contribution in [2.24, 2.45) is 5.92 Å². The van der Waals surface area contributed by atoms with Gasteiger partial charge in [-0.15, -0.1) is 0 Å². The average molecular weight is 252 g/mol. The Balaban J connectivity index is 1.68. The summed E-state index contributed by atoms with van der Waals surface area (Å²) >= 11 is 0. The summed E-state index contributed by atoms with van der Waals surface area (Å²) in [6.45, 7) is 1.44. The molecule has 18 heavy (non-hydrogen) atoms. The number of hydrogen-bond donors (Lipinski definition) is 1. The van der Waals surface area contributed by atoms with Gasteiger partial charge in [0.05, 0.1) is 0 Å². The first-order valence-electron chi connectivity index (χ1n) is 6.97. The van der Waals surface area contributed by atoms with Crippen molar-refractivity contribution in [1.82, 2.24) is 9.80 Å². The molecule has 0 aromatic rings. The van der Waals surface area contributed by atoms with Crippen LogP contribution in [0.15, 0.2) is 0 Å². The number of amides is 2. The molecule has 1 aliphatic heterocycles. The van der Waals surface area contributed by atoms with Crippen LogP contribution >= 0.6 is 0 Å². The fourth-order valence-electron chi connectivity index (χ4n) is 2.77. The molecule has 0 bridgehead atoms. The SMILES string of the molecule is O=C(O)C1CCCN1C(=O)N(CC1CC1)C1CC1. The molecule has 2 saturated carbocycles. The molecule has 1 saturated heterocycles. The molecule has 2 aliphatic carbocycles. The van der Waals surface area contributed by atoms with Gasteiger partial charge in [0.15, 0.2) is 0 Å². The zero-order valence-corrected chi connectivity index (χ0v) is 10.5. The summed E-state index contributed by atoms with van der Waals surface area (Å²) in [5.74, 6) is -0.191. The summed E-state index contributed by atoms with van der Waals surface area (Å²) in [6.07, 6.45) is 6.03. The molecular formula is C13H20N2O3. The summed E-state index contributed by atoms with van der Waals surface area (Å²) in [5.41, 5.74) is 0. The number of urea groups is 1. The van der Waals surface area contributed by atoms with E-state index in [4.69, 9.17) is 5.11 Å². The van der Waals surface area contributed by atoms with Gasteiger partial charge in [0.25, 0.3) is 0 Å². The minimum absolute atomic E-state index is 0.0331. The number of carbonyl (C=O) groups is 2. The lowest BCUT2D eigenvalue weighted by Gasteiger charge is -2.30. The average Bonchev–Trinajstić information content (AvgIpc) is 3.24. The molecule has 2 amide bonds. The predicted octanol–water partition coefficient (Wildman–Crippen LogP) is 1.53. The van der Waals surface area contributed by atoms with Crippen LogP contribution < -0.4 is 0 Å². The minimum atomic E-state index is -0.858. The van der Waals surface area contributed by atoms with E-state index in [0.29, 0.717) is 24.9 Å². The third-order valence-corrected chi connectivity index (χ3v) is 4.17. The molecule has 1 atom stereocenters. The smallest absolute Gasteiger partial charge is 0.326 e.